The Kier molecular flexibility index (Phi) is 5.98. The molecule has 6 heteroatoms. The maximum Gasteiger partial charge on any atom is 0.117 e. The minimum absolute atomic E-state index is 0. The number of aliphatic hydroxyl groups excluding tert-OH is 2. The lowest BCUT2D eigenvalue weighted by atomic mass is 10.1. The van der Waals surface area contributed by atoms with E-state index in [1.54, 1.807) is 18.2 Å². The predicted octanol–water partition coefficient (Wildman–Crippen LogP) is 2.79. The van der Waals surface area contributed by atoms with Gasteiger partial charge in [0.05, 0.1) is 23.9 Å². The van der Waals surface area contributed by atoms with E-state index in [1.165, 1.54) is 0 Å². The van der Waals surface area contributed by atoms with E-state index in [9.17, 15) is 10.2 Å². The van der Waals surface area contributed by atoms with E-state index in [-0.39, 0.29) is 31.3 Å². The molecule has 0 aliphatic carbocycles. The first-order chi connectivity index (χ1) is 11.2. The van der Waals surface area contributed by atoms with E-state index in [0.717, 1.165) is 22.3 Å². The van der Waals surface area contributed by atoms with Gasteiger partial charge in [0.2, 0.25) is 0 Å². The Morgan fingerprint density at radius 1 is 1.04 bits per heavy atom. The number of aromatic nitrogens is 1. The summed E-state index contributed by atoms with van der Waals surface area (Å²) in [5.41, 5.74) is 3.18. The minimum Gasteiger partial charge on any atom is -0.508 e. The monoisotopic (exact) mass is 346 g/mol. The topological polar surface area (TPSA) is 85.6 Å². The number of aliphatic hydroxyl groups is 2. The number of rotatable bonds is 5. The molecule has 5 nitrogen and oxygen atoms in total. The van der Waals surface area contributed by atoms with Crippen molar-refractivity contribution in [2.75, 3.05) is 18.5 Å². The van der Waals surface area contributed by atoms with E-state index in [1.807, 2.05) is 36.4 Å². The number of phenols is 1. The first-order valence-electron chi connectivity index (χ1n) is 7.39. The SMILES string of the molecule is Cl.OC[C@@H](O)CNc1cc(-c2ccccc2)nc2cc(O)ccc12. The molecule has 0 bridgehead atoms. The molecule has 0 unspecified atom stereocenters. The molecule has 24 heavy (non-hydrogen) atoms. The van der Waals surface area contributed by atoms with Gasteiger partial charge < -0.3 is 20.6 Å². The van der Waals surface area contributed by atoms with Crippen molar-refractivity contribution in [2.45, 2.75) is 6.10 Å². The van der Waals surface area contributed by atoms with Crippen molar-refractivity contribution in [1.29, 1.82) is 0 Å². The van der Waals surface area contributed by atoms with Crippen LogP contribution in [0.2, 0.25) is 0 Å². The van der Waals surface area contributed by atoms with Crippen LogP contribution in [0.5, 0.6) is 5.75 Å². The molecule has 0 aliphatic rings. The first kappa shape index (κ1) is 18.0. The number of hydrogen-bond acceptors (Lipinski definition) is 5. The summed E-state index contributed by atoms with van der Waals surface area (Å²) in [6.07, 6.45) is -0.837. The zero-order valence-electron chi connectivity index (χ0n) is 12.9. The fourth-order valence-electron chi connectivity index (χ4n) is 2.41. The third kappa shape index (κ3) is 3.94. The van der Waals surface area contributed by atoms with E-state index in [0.29, 0.717) is 5.52 Å². The highest BCUT2D eigenvalue weighted by atomic mass is 35.5. The third-order valence-corrected chi connectivity index (χ3v) is 3.60. The number of aromatic hydroxyl groups is 1. The van der Waals surface area contributed by atoms with E-state index in [4.69, 9.17) is 5.11 Å². The van der Waals surface area contributed by atoms with Crippen molar-refractivity contribution in [2.24, 2.45) is 0 Å². The summed E-state index contributed by atoms with van der Waals surface area (Å²) in [5, 5.41) is 32.2. The lowest BCUT2D eigenvalue weighted by Crippen LogP contribution is -2.23. The number of phenolic OH excluding ortho intramolecular Hbond substituents is 1. The van der Waals surface area contributed by atoms with Gasteiger partial charge in [0.25, 0.3) is 0 Å². The molecule has 0 radical (unpaired) electrons. The second-order valence-electron chi connectivity index (χ2n) is 5.34. The maximum atomic E-state index is 9.71. The molecule has 3 aromatic rings. The number of halogens is 1. The van der Waals surface area contributed by atoms with Gasteiger partial charge in [-0.1, -0.05) is 30.3 Å². The van der Waals surface area contributed by atoms with Crippen LogP contribution in [0.4, 0.5) is 5.69 Å². The Balaban J connectivity index is 0.00000208. The molecule has 0 aliphatic heterocycles. The van der Waals surface area contributed by atoms with Gasteiger partial charge in [0.15, 0.2) is 0 Å². The van der Waals surface area contributed by atoms with Crippen LogP contribution in [0, 0.1) is 0 Å². The molecule has 0 fully saturated rings. The van der Waals surface area contributed by atoms with Gasteiger partial charge in [-0.2, -0.15) is 0 Å². The van der Waals surface area contributed by atoms with Crippen LogP contribution in [0.25, 0.3) is 22.2 Å². The normalized spacial score (nSPS) is 11.8. The molecule has 126 valence electrons. The molecule has 0 spiro atoms. The van der Waals surface area contributed by atoms with Crippen LogP contribution in [0.1, 0.15) is 0 Å². The minimum atomic E-state index is -0.837. The van der Waals surface area contributed by atoms with Gasteiger partial charge in [0.1, 0.15) is 5.75 Å². The standard InChI is InChI=1S/C18H18N2O3.ClH/c21-11-14(23)10-19-17-9-16(12-4-2-1-3-5-12)20-18-8-13(22)6-7-15(17)18;/h1-9,14,21-23H,10-11H2,(H,19,20);1H/t14-;/m0./s1. The second kappa shape index (κ2) is 7.97. The van der Waals surface area contributed by atoms with Crippen molar-refractivity contribution >= 4 is 29.0 Å². The van der Waals surface area contributed by atoms with Crippen molar-refractivity contribution in [3.8, 4) is 17.0 Å². The average Bonchev–Trinajstić information content (AvgIpc) is 2.59. The molecule has 1 heterocycles. The summed E-state index contributed by atoms with van der Waals surface area (Å²) < 4.78 is 0. The number of nitrogens with zero attached hydrogens (tertiary/aromatic N) is 1. The van der Waals surface area contributed by atoms with E-state index >= 15 is 0 Å². The molecule has 4 N–H and O–H groups in total. The van der Waals surface area contributed by atoms with Crippen LogP contribution < -0.4 is 5.32 Å². The summed E-state index contributed by atoms with van der Waals surface area (Å²) in [5.74, 6) is 0.150. The van der Waals surface area contributed by atoms with Gasteiger partial charge in [-0.05, 0) is 18.2 Å². The van der Waals surface area contributed by atoms with E-state index < -0.39 is 6.10 Å². The zero-order valence-corrected chi connectivity index (χ0v) is 13.7. The van der Waals surface area contributed by atoms with Crippen LogP contribution in [-0.4, -0.2) is 39.6 Å². The summed E-state index contributed by atoms with van der Waals surface area (Å²) in [4.78, 5) is 4.60. The van der Waals surface area contributed by atoms with Gasteiger partial charge in [-0.15, -0.1) is 12.4 Å². The molecule has 0 amide bonds. The highest BCUT2D eigenvalue weighted by Gasteiger charge is 2.10. The van der Waals surface area contributed by atoms with Crippen molar-refractivity contribution < 1.29 is 15.3 Å². The van der Waals surface area contributed by atoms with Crippen molar-refractivity contribution in [3.63, 3.8) is 0 Å². The summed E-state index contributed by atoms with van der Waals surface area (Å²) in [6.45, 7) is -0.0763. The third-order valence-electron chi connectivity index (χ3n) is 3.60. The van der Waals surface area contributed by atoms with Crippen LogP contribution in [0.15, 0.2) is 54.6 Å². The van der Waals surface area contributed by atoms with Crippen molar-refractivity contribution in [3.05, 3.63) is 54.6 Å². The molecule has 0 saturated carbocycles. The predicted molar refractivity (Wildman–Crippen MR) is 97.7 cm³/mol. The molecular weight excluding hydrogens is 328 g/mol. The molecule has 1 aromatic heterocycles. The number of nitrogens with one attached hydrogen (secondary N) is 1. The second-order valence-corrected chi connectivity index (χ2v) is 5.34. The average molecular weight is 347 g/mol. The van der Waals surface area contributed by atoms with E-state index in [2.05, 4.69) is 10.3 Å². The number of anilines is 1. The van der Waals surface area contributed by atoms with Crippen LogP contribution in [0.3, 0.4) is 0 Å². The number of hydrogen-bond donors (Lipinski definition) is 4. The van der Waals surface area contributed by atoms with Crippen LogP contribution in [-0.2, 0) is 0 Å². The fourth-order valence-corrected chi connectivity index (χ4v) is 2.41. The Morgan fingerprint density at radius 2 is 1.79 bits per heavy atom. The van der Waals surface area contributed by atoms with Gasteiger partial charge in [0, 0.05) is 29.2 Å². The van der Waals surface area contributed by atoms with Gasteiger partial charge >= 0.3 is 0 Å². The number of benzene rings is 2. The van der Waals surface area contributed by atoms with Crippen molar-refractivity contribution in [1.82, 2.24) is 4.98 Å². The zero-order chi connectivity index (χ0) is 16.2. The first-order valence-corrected chi connectivity index (χ1v) is 7.39. The Bertz CT molecular complexity index is 812. The number of fused-ring (bicyclic) bond motifs is 1. The quantitative estimate of drug-likeness (QED) is 0.571. The molecule has 2 aromatic carbocycles. The molecular formula is C18H19ClN2O3. The lowest BCUT2D eigenvalue weighted by molar-refractivity contribution is 0.105. The Morgan fingerprint density at radius 3 is 2.50 bits per heavy atom. The lowest BCUT2D eigenvalue weighted by Gasteiger charge is -2.14. The van der Waals surface area contributed by atoms with Gasteiger partial charge in [-0.25, -0.2) is 4.98 Å². The largest absolute Gasteiger partial charge is 0.508 e. The molecule has 3 rings (SSSR count). The summed E-state index contributed by atoms with van der Waals surface area (Å²) in [6, 6.07) is 16.6. The van der Waals surface area contributed by atoms with Gasteiger partial charge in [-0.3, -0.25) is 0 Å². The highest BCUT2D eigenvalue weighted by Crippen LogP contribution is 2.30. The highest BCUT2D eigenvalue weighted by molar-refractivity contribution is 5.94. The maximum absolute atomic E-state index is 9.71. The summed E-state index contributed by atoms with van der Waals surface area (Å²) in [7, 11) is 0. The Labute approximate surface area is 146 Å². The molecule has 1 atom stereocenters. The molecule has 0 saturated heterocycles. The Hall–Kier alpha value is -2.34. The smallest absolute Gasteiger partial charge is 0.117 e. The number of pyridine rings is 1. The van der Waals surface area contributed by atoms with Crippen LogP contribution >= 0.6 is 12.4 Å². The summed E-state index contributed by atoms with van der Waals surface area (Å²) >= 11 is 0. The fraction of sp³-hybridized carbons (Fsp3) is 0.167.